The zero-order valence-electron chi connectivity index (χ0n) is 9.74. The molecular formula is C12H18OS2. The Morgan fingerprint density at radius 3 is 2.53 bits per heavy atom. The molecule has 0 amide bonds. The molecule has 0 aromatic carbocycles. The molecule has 0 N–H and O–H groups in total. The van der Waals surface area contributed by atoms with E-state index < -0.39 is 0 Å². The van der Waals surface area contributed by atoms with Crippen LogP contribution in [0.5, 0.6) is 0 Å². The number of carbonyl (C=O) groups is 1. The number of Topliss-reactive ketones (excluding diaryl/α,β-unsaturated/α-hetero) is 1. The maximum absolute atomic E-state index is 11.8. The third-order valence-corrected chi connectivity index (χ3v) is 4.97. The largest absolute Gasteiger partial charge is 0.292 e. The first-order valence-electron chi connectivity index (χ1n) is 5.22. The van der Waals surface area contributed by atoms with Crippen LogP contribution in [-0.2, 0) is 0 Å². The van der Waals surface area contributed by atoms with Crippen LogP contribution < -0.4 is 0 Å². The predicted octanol–water partition coefficient (Wildman–Crippen LogP) is 4.02. The first kappa shape index (κ1) is 12.8. The number of hydrogen-bond donors (Lipinski definition) is 0. The molecule has 1 nitrogen and oxygen atoms in total. The summed E-state index contributed by atoms with van der Waals surface area (Å²) >= 11 is 3.35. The molecule has 1 atom stereocenters. The van der Waals surface area contributed by atoms with Crippen LogP contribution in [0.1, 0.15) is 35.3 Å². The molecule has 15 heavy (non-hydrogen) atoms. The van der Waals surface area contributed by atoms with Crippen molar-refractivity contribution in [1.82, 2.24) is 0 Å². The fourth-order valence-electron chi connectivity index (χ4n) is 1.06. The van der Waals surface area contributed by atoms with Crippen molar-refractivity contribution in [2.24, 2.45) is 5.92 Å². The smallest absolute Gasteiger partial charge is 0.182 e. The number of rotatable bonds is 5. The van der Waals surface area contributed by atoms with Crippen molar-refractivity contribution >= 4 is 28.9 Å². The summed E-state index contributed by atoms with van der Waals surface area (Å²) in [7, 11) is 0. The van der Waals surface area contributed by atoms with Gasteiger partial charge < -0.3 is 0 Å². The fraction of sp³-hybridized carbons (Fsp3) is 0.583. The zero-order chi connectivity index (χ0) is 11.4. The van der Waals surface area contributed by atoms with Gasteiger partial charge >= 0.3 is 0 Å². The molecule has 1 rings (SSSR count). The summed E-state index contributed by atoms with van der Waals surface area (Å²) in [5.41, 5.74) is 0. The average molecular weight is 242 g/mol. The van der Waals surface area contributed by atoms with E-state index in [4.69, 9.17) is 0 Å². The van der Waals surface area contributed by atoms with Crippen LogP contribution in [0.3, 0.4) is 0 Å². The Morgan fingerprint density at radius 2 is 2.07 bits per heavy atom. The lowest BCUT2D eigenvalue weighted by Crippen LogP contribution is -2.10. The van der Waals surface area contributed by atoms with Gasteiger partial charge in [-0.25, -0.2) is 0 Å². The van der Waals surface area contributed by atoms with Gasteiger partial charge in [0.15, 0.2) is 5.78 Å². The van der Waals surface area contributed by atoms with Crippen LogP contribution in [0.4, 0.5) is 0 Å². The van der Waals surface area contributed by atoms with Gasteiger partial charge in [0.2, 0.25) is 0 Å². The summed E-state index contributed by atoms with van der Waals surface area (Å²) in [5, 5.41) is 0.551. The predicted molar refractivity (Wildman–Crippen MR) is 70.1 cm³/mol. The van der Waals surface area contributed by atoms with E-state index in [1.165, 1.54) is 4.88 Å². The highest BCUT2D eigenvalue weighted by Crippen LogP contribution is 2.22. The van der Waals surface area contributed by atoms with Crippen LogP contribution >= 0.6 is 23.1 Å². The van der Waals surface area contributed by atoms with E-state index in [9.17, 15) is 4.79 Å². The molecule has 0 bridgehead atoms. The van der Waals surface area contributed by atoms with Gasteiger partial charge in [0.1, 0.15) is 0 Å². The molecule has 0 saturated carbocycles. The highest BCUT2D eigenvalue weighted by molar-refractivity contribution is 8.00. The van der Waals surface area contributed by atoms with Crippen molar-refractivity contribution in [2.45, 2.75) is 32.9 Å². The highest BCUT2D eigenvalue weighted by Gasteiger charge is 2.12. The van der Waals surface area contributed by atoms with Crippen molar-refractivity contribution in [1.29, 1.82) is 0 Å². The lowest BCUT2D eigenvalue weighted by molar-refractivity contribution is 0.102. The lowest BCUT2D eigenvalue weighted by Gasteiger charge is -2.13. The second-order valence-electron chi connectivity index (χ2n) is 4.09. The van der Waals surface area contributed by atoms with Crippen molar-refractivity contribution in [3.63, 3.8) is 0 Å². The fourth-order valence-corrected chi connectivity index (χ4v) is 2.91. The van der Waals surface area contributed by atoms with E-state index in [0.29, 0.717) is 16.9 Å². The van der Waals surface area contributed by atoms with Gasteiger partial charge in [-0.15, -0.1) is 11.3 Å². The molecule has 1 heterocycles. The van der Waals surface area contributed by atoms with Crippen LogP contribution in [0, 0.1) is 12.8 Å². The monoisotopic (exact) mass is 242 g/mol. The minimum Gasteiger partial charge on any atom is -0.292 e. The van der Waals surface area contributed by atoms with E-state index in [2.05, 4.69) is 20.8 Å². The molecule has 1 aromatic heterocycles. The Labute approximate surface area is 100 Å². The second-order valence-corrected chi connectivity index (χ2v) is 6.75. The molecule has 0 saturated heterocycles. The van der Waals surface area contributed by atoms with Crippen molar-refractivity contribution in [3.8, 4) is 0 Å². The molecule has 1 unspecified atom stereocenters. The van der Waals surface area contributed by atoms with E-state index >= 15 is 0 Å². The van der Waals surface area contributed by atoms with Gasteiger partial charge in [-0.3, -0.25) is 4.79 Å². The van der Waals surface area contributed by atoms with Crippen LogP contribution in [-0.4, -0.2) is 16.8 Å². The summed E-state index contributed by atoms with van der Waals surface area (Å²) in [6, 6.07) is 3.94. The van der Waals surface area contributed by atoms with Gasteiger partial charge in [0, 0.05) is 10.1 Å². The maximum Gasteiger partial charge on any atom is 0.182 e. The van der Waals surface area contributed by atoms with Gasteiger partial charge in [0.05, 0.1) is 10.6 Å². The quantitative estimate of drug-likeness (QED) is 0.726. The Hall–Kier alpha value is -0.280. The normalized spacial score (nSPS) is 13.1. The van der Waals surface area contributed by atoms with Crippen molar-refractivity contribution in [2.75, 3.05) is 5.75 Å². The van der Waals surface area contributed by atoms with Gasteiger partial charge in [-0.05, 0) is 25.0 Å². The average Bonchev–Trinajstić information content (AvgIpc) is 2.60. The molecule has 0 aliphatic carbocycles. The summed E-state index contributed by atoms with van der Waals surface area (Å²) < 4.78 is 0. The molecular weight excluding hydrogens is 224 g/mol. The standard InChI is InChI=1S/C12H18OS2/c1-8(2)10(4)14-7-11(13)12-6-5-9(3)15-12/h5-6,8,10H,7H2,1-4H3. The third kappa shape index (κ3) is 3.99. The zero-order valence-corrected chi connectivity index (χ0v) is 11.4. The topological polar surface area (TPSA) is 17.1 Å². The molecule has 0 radical (unpaired) electrons. The Bertz CT molecular complexity index is 328. The van der Waals surface area contributed by atoms with Crippen molar-refractivity contribution in [3.05, 3.63) is 21.9 Å². The first-order valence-corrected chi connectivity index (χ1v) is 7.08. The molecule has 0 aliphatic rings. The van der Waals surface area contributed by atoms with Crippen LogP contribution in [0.25, 0.3) is 0 Å². The Morgan fingerprint density at radius 1 is 1.40 bits per heavy atom. The maximum atomic E-state index is 11.8. The summed E-state index contributed by atoms with van der Waals surface area (Å²) in [4.78, 5) is 13.9. The van der Waals surface area contributed by atoms with Crippen LogP contribution in [0.15, 0.2) is 12.1 Å². The van der Waals surface area contributed by atoms with Crippen molar-refractivity contribution < 1.29 is 4.79 Å². The number of ketones is 1. The van der Waals surface area contributed by atoms with Gasteiger partial charge in [0.25, 0.3) is 0 Å². The highest BCUT2D eigenvalue weighted by atomic mass is 32.2. The minimum atomic E-state index is 0.269. The molecule has 0 aliphatic heterocycles. The molecule has 0 fully saturated rings. The SMILES string of the molecule is Cc1ccc(C(=O)CSC(C)C(C)C)s1. The van der Waals surface area contributed by atoms with E-state index in [1.54, 1.807) is 23.1 Å². The number of thiophene rings is 1. The Kier molecular flexibility index (Phi) is 4.87. The van der Waals surface area contributed by atoms with Gasteiger partial charge in [-0.2, -0.15) is 11.8 Å². The summed E-state index contributed by atoms with van der Waals surface area (Å²) in [5.74, 6) is 1.51. The van der Waals surface area contributed by atoms with Crippen LogP contribution in [0.2, 0.25) is 0 Å². The van der Waals surface area contributed by atoms with E-state index in [-0.39, 0.29) is 5.78 Å². The summed E-state index contributed by atoms with van der Waals surface area (Å²) in [6.07, 6.45) is 0. The number of aryl methyl sites for hydroxylation is 1. The van der Waals surface area contributed by atoms with E-state index in [1.807, 2.05) is 19.1 Å². The molecule has 1 aromatic rings. The lowest BCUT2D eigenvalue weighted by atomic mass is 10.2. The molecule has 3 heteroatoms. The Balaban J connectivity index is 2.43. The number of carbonyl (C=O) groups excluding carboxylic acids is 1. The molecule has 84 valence electrons. The number of thioether (sulfide) groups is 1. The third-order valence-electron chi connectivity index (χ3n) is 2.43. The first-order chi connectivity index (χ1) is 7.00. The minimum absolute atomic E-state index is 0.269. The van der Waals surface area contributed by atoms with Gasteiger partial charge in [-0.1, -0.05) is 20.8 Å². The van der Waals surface area contributed by atoms with E-state index in [0.717, 1.165) is 4.88 Å². The molecule has 0 spiro atoms. The second kappa shape index (κ2) is 5.71. The number of hydrogen-bond acceptors (Lipinski definition) is 3. The summed E-state index contributed by atoms with van der Waals surface area (Å²) in [6.45, 7) is 8.60.